The molecule has 38 heavy (non-hydrogen) atoms. The Morgan fingerprint density at radius 2 is 1.47 bits per heavy atom. The number of halogens is 1. The molecule has 0 N–H and O–H groups in total. The van der Waals surface area contributed by atoms with Gasteiger partial charge in [0.1, 0.15) is 5.69 Å². The summed E-state index contributed by atoms with van der Waals surface area (Å²) < 4.78 is 2.06. The van der Waals surface area contributed by atoms with Crippen LogP contribution in [0.25, 0.3) is 0 Å². The van der Waals surface area contributed by atoms with Crippen molar-refractivity contribution in [3.8, 4) is 0 Å². The summed E-state index contributed by atoms with van der Waals surface area (Å²) in [6, 6.07) is 17.0. The third-order valence-electron chi connectivity index (χ3n) is 7.94. The number of hydrogen-bond donors (Lipinski definition) is 0. The van der Waals surface area contributed by atoms with E-state index in [0.717, 1.165) is 24.3 Å². The summed E-state index contributed by atoms with van der Waals surface area (Å²) in [6.07, 6.45) is 11.9. The van der Waals surface area contributed by atoms with E-state index in [0.29, 0.717) is 0 Å². The summed E-state index contributed by atoms with van der Waals surface area (Å²) >= 11 is 6.98. The number of benzene rings is 2. The molecule has 1 aliphatic carbocycles. The van der Waals surface area contributed by atoms with Crippen LogP contribution >= 0.6 is 11.6 Å². The Hall–Kier alpha value is 0.342. The van der Waals surface area contributed by atoms with Crippen LogP contribution in [0, 0.1) is 14.1 Å². The molecule has 0 spiro atoms. The van der Waals surface area contributed by atoms with Crippen molar-refractivity contribution >= 4 is 28.7 Å². The first-order chi connectivity index (χ1) is 16.6. The third-order valence-corrected chi connectivity index (χ3v) is 8.43. The van der Waals surface area contributed by atoms with Crippen molar-refractivity contribution in [2.75, 3.05) is 4.90 Å². The van der Waals surface area contributed by atoms with Crippen molar-refractivity contribution in [2.24, 2.45) is 0 Å². The zero-order valence-electron chi connectivity index (χ0n) is 23.0. The summed E-state index contributed by atoms with van der Waals surface area (Å²) in [7, 11) is 8.66. The maximum absolute atomic E-state index is 6.98. The summed E-state index contributed by atoms with van der Waals surface area (Å²) in [6.45, 7) is 9.04. The average Bonchev–Trinajstić information content (AvgIpc) is 3.16. The van der Waals surface area contributed by atoms with Crippen LogP contribution in [0.1, 0.15) is 58.1 Å². The normalized spacial score (nSPS) is 21.3. The molecule has 0 atom stereocenters. The molecule has 189 valence electrons. The first kappa shape index (κ1) is 34.5. The Balaban J connectivity index is 0.00000169. The van der Waals surface area contributed by atoms with Gasteiger partial charge in [0, 0.05) is 127 Å². The minimum atomic E-state index is -0.0969. The number of anilines is 1. The van der Waals surface area contributed by atoms with Gasteiger partial charge >= 0.3 is 0 Å². The van der Waals surface area contributed by atoms with Crippen LogP contribution < -0.4 is 4.90 Å². The van der Waals surface area contributed by atoms with Crippen LogP contribution in [-0.4, -0.2) is 10.3 Å². The Labute approximate surface area is 309 Å². The predicted octanol–water partition coefficient (Wildman–Crippen LogP) is 8.48. The molecule has 3 radical (unpaired) electrons. The summed E-state index contributed by atoms with van der Waals surface area (Å²) in [5.74, 6) is 0. The number of allylic oxidation sites excluding steroid dienone is 8. The largest absolute Gasteiger partial charge is 0.499 e. The summed E-state index contributed by atoms with van der Waals surface area (Å²) in [5, 5.41) is 0.873. The van der Waals surface area contributed by atoms with E-state index in [4.69, 9.17) is 11.6 Å². The van der Waals surface area contributed by atoms with E-state index in [9.17, 15) is 0 Å². The van der Waals surface area contributed by atoms with Crippen LogP contribution in [0.2, 0.25) is 0 Å². The average molecular weight is 749 g/mol. The molecule has 0 saturated carbocycles. The zero-order valence-corrected chi connectivity index (χ0v) is 32.2. The summed E-state index contributed by atoms with van der Waals surface area (Å²) in [4.78, 5) is 2.06. The van der Waals surface area contributed by atoms with Crippen LogP contribution in [0.3, 0.4) is 0 Å². The molecule has 0 fully saturated rings. The fourth-order valence-corrected chi connectivity index (χ4v) is 6.16. The fraction of sp³-hybridized carbons (Fsp3) is 0.281. The third kappa shape index (κ3) is 6.09. The number of rotatable bonds is 3. The molecule has 0 aromatic heterocycles. The minimum absolute atomic E-state index is 0. The second-order valence-electron chi connectivity index (χ2n) is 10.8. The molecule has 0 unspecified atom stereocenters. The molecule has 2 aromatic carbocycles. The molecule has 2 heterocycles. The van der Waals surface area contributed by atoms with Crippen molar-refractivity contribution in [3.63, 3.8) is 0 Å². The smallest absolute Gasteiger partial charge is 0.108 e. The maximum Gasteiger partial charge on any atom is 0.108 e. The van der Waals surface area contributed by atoms with E-state index in [1.165, 1.54) is 45.1 Å². The standard InChI is InChI=1S/C32H34ClN2.3Y/c1-31(2)24-14-7-9-16-26(24)34(5)28(31)20-18-22-12-11-13-23(30(22)33)19-21-29-32(3,4)25-15-8-10-17-27(25)35(29)6;;;/h7-10,14-21H,5-6,11-13H2,1-4H3;;;/q-1;;;. The topological polar surface area (TPSA) is 6.25 Å². The van der Waals surface area contributed by atoms with Crippen LogP contribution in [0.5, 0.6) is 0 Å². The van der Waals surface area contributed by atoms with Gasteiger partial charge in [-0.15, -0.1) is 0 Å². The Kier molecular flexibility index (Phi) is 12.3. The molecule has 2 aromatic rings. The molecule has 2 aliphatic heterocycles. The van der Waals surface area contributed by atoms with Crippen LogP contribution in [0.15, 0.2) is 94.7 Å². The molecule has 0 saturated heterocycles. The van der Waals surface area contributed by atoms with E-state index >= 15 is 0 Å². The Morgan fingerprint density at radius 3 is 2.13 bits per heavy atom. The van der Waals surface area contributed by atoms with Crippen molar-refractivity contribution in [3.05, 3.63) is 120 Å². The van der Waals surface area contributed by atoms with Gasteiger partial charge in [-0.05, 0) is 65.4 Å². The van der Waals surface area contributed by atoms with Gasteiger partial charge in [0.05, 0.1) is 5.71 Å². The first-order valence-corrected chi connectivity index (χ1v) is 12.8. The van der Waals surface area contributed by atoms with Gasteiger partial charge in [-0.3, -0.25) is 7.05 Å². The number of hydrogen-bond acceptors (Lipinski definition) is 1. The molecule has 0 bridgehead atoms. The quantitative estimate of drug-likeness (QED) is 0.226. The van der Waals surface area contributed by atoms with Crippen LogP contribution in [-0.2, 0) is 109 Å². The molecular weight excluding hydrogens is 715 g/mol. The van der Waals surface area contributed by atoms with E-state index < -0.39 is 0 Å². The molecule has 5 rings (SSSR count). The monoisotopic (exact) mass is 748 g/mol. The predicted molar refractivity (Wildman–Crippen MR) is 149 cm³/mol. The van der Waals surface area contributed by atoms with Gasteiger partial charge in [-0.25, -0.2) is 0 Å². The molecule has 3 aliphatic rings. The van der Waals surface area contributed by atoms with Gasteiger partial charge in [-0.1, -0.05) is 93.9 Å². The summed E-state index contributed by atoms with van der Waals surface area (Å²) in [5.41, 5.74) is 9.52. The second-order valence-corrected chi connectivity index (χ2v) is 11.2. The Morgan fingerprint density at radius 1 is 0.842 bits per heavy atom. The Bertz CT molecular complexity index is 1360. The van der Waals surface area contributed by atoms with Gasteiger partial charge < -0.3 is 9.48 Å². The van der Waals surface area contributed by atoms with Gasteiger partial charge in [0.15, 0.2) is 0 Å². The maximum atomic E-state index is 6.98. The van der Waals surface area contributed by atoms with E-state index in [1.807, 2.05) is 0 Å². The van der Waals surface area contributed by atoms with Crippen LogP contribution in [0.4, 0.5) is 11.4 Å². The fourth-order valence-electron chi connectivity index (χ4n) is 5.85. The SMILES string of the molecule is [CH2-]N1C(=CC=C2CCCC(C=CC3=[N+]([CH2-])c4ccccc4C3(C)C)=C2Cl)C(C)(C)c2ccccc21.[Y].[Y].[Y]. The number of nitrogens with zero attached hydrogens (tertiary/aromatic N) is 2. The van der Waals surface area contributed by atoms with E-state index in [-0.39, 0.29) is 109 Å². The molecule has 0 amide bonds. The van der Waals surface area contributed by atoms with Crippen molar-refractivity contribution in [1.82, 2.24) is 0 Å². The van der Waals surface area contributed by atoms with Gasteiger partial charge in [0.25, 0.3) is 0 Å². The number of para-hydroxylation sites is 2. The van der Waals surface area contributed by atoms with Crippen molar-refractivity contribution in [2.45, 2.75) is 57.8 Å². The number of fused-ring (bicyclic) bond motifs is 2. The van der Waals surface area contributed by atoms with Crippen molar-refractivity contribution in [1.29, 1.82) is 0 Å². The zero-order chi connectivity index (χ0) is 25.0. The first-order valence-electron chi connectivity index (χ1n) is 12.4. The van der Waals surface area contributed by atoms with Crippen molar-refractivity contribution < 1.29 is 103 Å². The van der Waals surface area contributed by atoms with E-state index in [2.05, 4.69) is 124 Å². The minimum Gasteiger partial charge on any atom is -0.499 e. The second kappa shape index (κ2) is 13.5. The molecule has 6 heteroatoms. The molecule has 2 nitrogen and oxygen atoms in total. The van der Waals surface area contributed by atoms with E-state index in [1.54, 1.807) is 0 Å². The van der Waals surface area contributed by atoms with Gasteiger partial charge in [-0.2, -0.15) is 0 Å². The van der Waals surface area contributed by atoms with Gasteiger partial charge in [0.2, 0.25) is 0 Å². The molecular formula is C32H34ClN2Y3-.